The molecule has 0 aromatic heterocycles. The molecular formula is C8H15NO2. The Morgan fingerprint density at radius 3 is 2.91 bits per heavy atom. The van der Waals surface area contributed by atoms with Crippen LogP contribution >= 0.6 is 0 Å². The van der Waals surface area contributed by atoms with Crippen LogP contribution in [0.5, 0.6) is 0 Å². The lowest BCUT2D eigenvalue weighted by molar-refractivity contribution is 0.105. The van der Waals surface area contributed by atoms with Crippen molar-refractivity contribution in [1.29, 1.82) is 0 Å². The average Bonchev–Trinajstić information content (AvgIpc) is 2.03. The van der Waals surface area contributed by atoms with E-state index in [9.17, 15) is 4.79 Å². The van der Waals surface area contributed by atoms with Gasteiger partial charge in [0, 0.05) is 13.1 Å². The SMILES string of the molecule is COC(=O)N1CCC[C@@H](C)C1. The number of carbonyl (C=O) groups is 1. The highest BCUT2D eigenvalue weighted by atomic mass is 16.5. The number of hydrogen-bond donors (Lipinski definition) is 0. The summed E-state index contributed by atoms with van der Waals surface area (Å²) in [6.45, 7) is 3.87. The first-order valence-electron chi connectivity index (χ1n) is 4.07. The molecule has 1 amide bonds. The van der Waals surface area contributed by atoms with Crippen LogP contribution < -0.4 is 0 Å². The van der Waals surface area contributed by atoms with Crippen molar-refractivity contribution in [2.75, 3.05) is 20.2 Å². The van der Waals surface area contributed by atoms with Crippen LogP contribution in [-0.2, 0) is 4.74 Å². The minimum absolute atomic E-state index is 0.184. The summed E-state index contributed by atoms with van der Waals surface area (Å²) < 4.78 is 4.62. The molecule has 0 radical (unpaired) electrons. The van der Waals surface area contributed by atoms with Crippen LogP contribution in [0.4, 0.5) is 4.79 Å². The lowest BCUT2D eigenvalue weighted by atomic mass is 10.0. The highest BCUT2D eigenvalue weighted by Gasteiger charge is 2.20. The van der Waals surface area contributed by atoms with Gasteiger partial charge in [-0.15, -0.1) is 0 Å². The zero-order valence-electron chi connectivity index (χ0n) is 7.17. The van der Waals surface area contributed by atoms with Gasteiger partial charge in [-0.1, -0.05) is 6.92 Å². The Morgan fingerprint density at radius 1 is 1.64 bits per heavy atom. The van der Waals surface area contributed by atoms with Crippen LogP contribution in [0.25, 0.3) is 0 Å². The number of carbonyl (C=O) groups excluding carboxylic acids is 1. The van der Waals surface area contributed by atoms with Crippen LogP contribution in [0.2, 0.25) is 0 Å². The van der Waals surface area contributed by atoms with Crippen molar-refractivity contribution in [3.63, 3.8) is 0 Å². The van der Waals surface area contributed by atoms with Crippen LogP contribution in [0.1, 0.15) is 19.8 Å². The van der Waals surface area contributed by atoms with E-state index in [2.05, 4.69) is 11.7 Å². The Labute approximate surface area is 67.3 Å². The van der Waals surface area contributed by atoms with Crippen molar-refractivity contribution >= 4 is 6.09 Å². The quantitative estimate of drug-likeness (QED) is 0.533. The van der Waals surface area contributed by atoms with Crippen LogP contribution in [-0.4, -0.2) is 31.2 Å². The fourth-order valence-corrected chi connectivity index (χ4v) is 1.48. The molecule has 0 bridgehead atoms. The summed E-state index contributed by atoms with van der Waals surface area (Å²) in [7, 11) is 1.43. The van der Waals surface area contributed by atoms with E-state index in [0.29, 0.717) is 5.92 Å². The molecule has 11 heavy (non-hydrogen) atoms. The molecule has 0 N–H and O–H groups in total. The second kappa shape index (κ2) is 3.60. The summed E-state index contributed by atoms with van der Waals surface area (Å²) >= 11 is 0. The largest absolute Gasteiger partial charge is 0.453 e. The Morgan fingerprint density at radius 2 is 2.36 bits per heavy atom. The smallest absolute Gasteiger partial charge is 0.409 e. The van der Waals surface area contributed by atoms with Crippen LogP contribution in [0.3, 0.4) is 0 Å². The molecule has 1 aliphatic rings. The van der Waals surface area contributed by atoms with Gasteiger partial charge < -0.3 is 9.64 Å². The number of ether oxygens (including phenoxy) is 1. The molecule has 3 heteroatoms. The maximum Gasteiger partial charge on any atom is 0.409 e. The van der Waals surface area contributed by atoms with E-state index in [-0.39, 0.29) is 6.09 Å². The van der Waals surface area contributed by atoms with Crippen molar-refractivity contribution in [3.8, 4) is 0 Å². The van der Waals surface area contributed by atoms with Gasteiger partial charge in [-0.3, -0.25) is 0 Å². The van der Waals surface area contributed by atoms with Gasteiger partial charge in [0.2, 0.25) is 0 Å². The summed E-state index contributed by atoms with van der Waals surface area (Å²) in [5.41, 5.74) is 0. The van der Waals surface area contributed by atoms with Gasteiger partial charge in [0.15, 0.2) is 0 Å². The third-order valence-corrected chi connectivity index (χ3v) is 2.09. The van der Waals surface area contributed by atoms with Crippen molar-refractivity contribution < 1.29 is 9.53 Å². The number of methoxy groups -OCH3 is 1. The first-order chi connectivity index (χ1) is 5.24. The predicted octanol–water partition coefficient (Wildman–Crippen LogP) is 1.48. The Balaban J connectivity index is 2.39. The lowest BCUT2D eigenvalue weighted by Crippen LogP contribution is -2.38. The Kier molecular flexibility index (Phi) is 2.74. The molecule has 1 heterocycles. The van der Waals surface area contributed by atoms with E-state index in [1.54, 1.807) is 4.90 Å². The standard InChI is InChI=1S/C8H15NO2/c1-7-4-3-5-9(6-7)8(10)11-2/h7H,3-6H2,1-2H3/t7-/m1/s1. The first-order valence-corrected chi connectivity index (χ1v) is 4.07. The number of hydrogen-bond acceptors (Lipinski definition) is 2. The third kappa shape index (κ3) is 2.10. The molecule has 0 unspecified atom stereocenters. The topological polar surface area (TPSA) is 29.5 Å². The molecule has 1 aliphatic heterocycles. The number of amides is 1. The summed E-state index contributed by atoms with van der Waals surface area (Å²) in [6.07, 6.45) is 2.15. The number of nitrogens with zero attached hydrogens (tertiary/aromatic N) is 1. The van der Waals surface area contributed by atoms with Crippen LogP contribution in [0.15, 0.2) is 0 Å². The molecule has 64 valence electrons. The molecule has 0 aromatic rings. The summed E-state index contributed by atoms with van der Waals surface area (Å²) in [6, 6.07) is 0. The second-order valence-electron chi connectivity index (χ2n) is 3.16. The van der Waals surface area contributed by atoms with Gasteiger partial charge in [-0.2, -0.15) is 0 Å². The van der Waals surface area contributed by atoms with E-state index >= 15 is 0 Å². The zero-order chi connectivity index (χ0) is 8.27. The average molecular weight is 157 g/mol. The van der Waals surface area contributed by atoms with Gasteiger partial charge >= 0.3 is 6.09 Å². The van der Waals surface area contributed by atoms with Gasteiger partial charge in [-0.25, -0.2) is 4.79 Å². The number of rotatable bonds is 0. The van der Waals surface area contributed by atoms with E-state index in [1.807, 2.05) is 0 Å². The third-order valence-electron chi connectivity index (χ3n) is 2.09. The van der Waals surface area contributed by atoms with E-state index in [4.69, 9.17) is 0 Å². The maximum atomic E-state index is 11.0. The van der Waals surface area contributed by atoms with Crippen LogP contribution in [0, 0.1) is 5.92 Å². The number of piperidine rings is 1. The van der Waals surface area contributed by atoms with Crippen molar-refractivity contribution in [3.05, 3.63) is 0 Å². The molecule has 0 spiro atoms. The first kappa shape index (κ1) is 8.37. The monoisotopic (exact) mass is 157 g/mol. The fourth-order valence-electron chi connectivity index (χ4n) is 1.48. The molecule has 1 rings (SSSR count). The minimum Gasteiger partial charge on any atom is -0.453 e. The zero-order valence-corrected chi connectivity index (χ0v) is 7.17. The van der Waals surface area contributed by atoms with Crippen molar-refractivity contribution in [2.24, 2.45) is 5.92 Å². The van der Waals surface area contributed by atoms with Gasteiger partial charge in [-0.05, 0) is 18.8 Å². The van der Waals surface area contributed by atoms with Gasteiger partial charge in [0.1, 0.15) is 0 Å². The maximum absolute atomic E-state index is 11.0. The van der Waals surface area contributed by atoms with E-state index in [1.165, 1.54) is 13.5 Å². The normalized spacial score (nSPS) is 24.9. The highest BCUT2D eigenvalue weighted by molar-refractivity contribution is 5.67. The minimum atomic E-state index is -0.184. The molecule has 1 saturated heterocycles. The predicted molar refractivity (Wildman–Crippen MR) is 42.4 cm³/mol. The fraction of sp³-hybridized carbons (Fsp3) is 0.875. The molecule has 1 atom stereocenters. The summed E-state index contributed by atoms with van der Waals surface area (Å²) in [4.78, 5) is 12.8. The molecular weight excluding hydrogens is 142 g/mol. The van der Waals surface area contributed by atoms with E-state index in [0.717, 1.165) is 19.5 Å². The lowest BCUT2D eigenvalue weighted by Gasteiger charge is -2.29. The molecule has 0 saturated carbocycles. The molecule has 1 fully saturated rings. The van der Waals surface area contributed by atoms with Crippen molar-refractivity contribution in [2.45, 2.75) is 19.8 Å². The summed E-state index contributed by atoms with van der Waals surface area (Å²) in [5.74, 6) is 0.628. The summed E-state index contributed by atoms with van der Waals surface area (Å²) in [5, 5.41) is 0. The molecule has 0 aromatic carbocycles. The molecule has 3 nitrogen and oxygen atoms in total. The van der Waals surface area contributed by atoms with E-state index < -0.39 is 0 Å². The molecule has 0 aliphatic carbocycles. The highest BCUT2D eigenvalue weighted by Crippen LogP contribution is 2.15. The van der Waals surface area contributed by atoms with Gasteiger partial charge in [0.05, 0.1) is 7.11 Å². The van der Waals surface area contributed by atoms with Gasteiger partial charge in [0.25, 0.3) is 0 Å². The van der Waals surface area contributed by atoms with Crippen molar-refractivity contribution in [1.82, 2.24) is 4.90 Å². The number of likely N-dealkylation sites (tertiary alicyclic amines) is 1. The Hall–Kier alpha value is -0.730. The second-order valence-corrected chi connectivity index (χ2v) is 3.16. The Bertz CT molecular complexity index is 147.